The highest BCUT2D eigenvalue weighted by molar-refractivity contribution is 7.09. The molecule has 0 bridgehead atoms. The van der Waals surface area contributed by atoms with Crippen LogP contribution in [0.5, 0.6) is 0 Å². The van der Waals surface area contributed by atoms with Gasteiger partial charge in [-0.25, -0.2) is 4.98 Å². The van der Waals surface area contributed by atoms with Gasteiger partial charge >= 0.3 is 0 Å². The van der Waals surface area contributed by atoms with Crippen LogP contribution in [0.3, 0.4) is 0 Å². The number of aliphatic hydroxyl groups is 1. The van der Waals surface area contributed by atoms with E-state index in [0.29, 0.717) is 19.5 Å². The highest BCUT2D eigenvalue weighted by Crippen LogP contribution is 2.21. The molecule has 7 heteroatoms. The van der Waals surface area contributed by atoms with E-state index in [9.17, 15) is 9.90 Å². The maximum absolute atomic E-state index is 11.9. The molecule has 2 atom stereocenters. The molecule has 1 amide bonds. The Morgan fingerprint density at radius 1 is 1.43 bits per heavy atom. The first-order valence-corrected chi connectivity index (χ1v) is 8.64. The highest BCUT2D eigenvalue weighted by Gasteiger charge is 2.27. The molecule has 0 aromatic carbocycles. The number of aromatic nitrogens is 2. The van der Waals surface area contributed by atoms with Crippen LogP contribution in [-0.2, 0) is 11.2 Å². The van der Waals surface area contributed by atoms with Crippen LogP contribution in [0.4, 0.5) is 0 Å². The third-order valence-electron chi connectivity index (χ3n) is 3.82. The lowest BCUT2D eigenvalue weighted by atomic mass is 10.2. The Hall–Kier alpha value is -1.83. The van der Waals surface area contributed by atoms with Gasteiger partial charge in [0, 0.05) is 42.8 Å². The second-order valence-corrected chi connectivity index (χ2v) is 6.55. The first kappa shape index (κ1) is 16.0. The molecule has 0 spiro atoms. The predicted molar refractivity (Wildman–Crippen MR) is 89.1 cm³/mol. The minimum Gasteiger partial charge on any atom is -0.392 e. The van der Waals surface area contributed by atoms with Gasteiger partial charge in [0.25, 0.3) is 0 Å². The number of aliphatic hydroxyl groups excluding tert-OH is 1. The van der Waals surface area contributed by atoms with E-state index < -0.39 is 6.10 Å². The second-order valence-electron chi connectivity index (χ2n) is 5.61. The smallest absolute Gasteiger partial charge is 0.237 e. The summed E-state index contributed by atoms with van der Waals surface area (Å²) in [7, 11) is 0. The van der Waals surface area contributed by atoms with Crippen molar-refractivity contribution >= 4 is 17.2 Å². The second kappa shape index (κ2) is 7.63. The molecule has 2 aromatic rings. The average Bonchev–Trinajstić information content (AvgIpc) is 3.21. The number of nitrogens with zero attached hydrogens (tertiary/aromatic N) is 2. The van der Waals surface area contributed by atoms with Gasteiger partial charge in [-0.15, -0.1) is 11.3 Å². The lowest BCUT2D eigenvalue weighted by Gasteiger charge is -2.10. The van der Waals surface area contributed by atoms with Crippen molar-refractivity contribution in [3.8, 4) is 11.3 Å². The van der Waals surface area contributed by atoms with E-state index in [2.05, 4.69) is 20.6 Å². The Morgan fingerprint density at radius 3 is 3.00 bits per heavy atom. The molecule has 0 aliphatic carbocycles. The molecular formula is C16H20N4O2S. The van der Waals surface area contributed by atoms with Crippen LogP contribution in [0.25, 0.3) is 11.3 Å². The predicted octanol–water partition coefficient (Wildman–Crippen LogP) is 0.977. The van der Waals surface area contributed by atoms with Crippen LogP contribution >= 0.6 is 11.3 Å². The van der Waals surface area contributed by atoms with Crippen molar-refractivity contribution in [3.05, 3.63) is 34.9 Å². The van der Waals surface area contributed by atoms with Crippen LogP contribution in [0.2, 0.25) is 0 Å². The van der Waals surface area contributed by atoms with Gasteiger partial charge < -0.3 is 15.7 Å². The minimum absolute atomic E-state index is 0.0295. The van der Waals surface area contributed by atoms with Gasteiger partial charge in [-0.05, 0) is 25.0 Å². The maximum Gasteiger partial charge on any atom is 0.237 e. The zero-order valence-corrected chi connectivity index (χ0v) is 13.6. The fourth-order valence-corrected chi connectivity index (χ4v) is 3.42. The Kier molecular flexibility index (Phi) is 5.32. The normalized spacial score (nSPS) is 20.6. The summed E-state index contributed by atoms with van der Waals surface area (Å²) in [5.41, 5.74) is 2.04. The summed E-state index contributed by atoms with van der Waals surface area (Å²) in [6, 6.07) is 3.63. The fraction of sp³-hybridized carbons (Fsp3) is 0.438. The lowest BCUT2D eigenvalue weighted by Crippen LogP contribution is -2.40. The first-order valence-electron chi connectivity index (χ1n) is 7.76. The van der Waals surface area contributed by atoms with Crippen LogP contribution in [0.15, 0.2) is 29.9 Å². The zero-order valence-electron chi connectivity index (χ0n) is 12.7. The third-order valence-corrected chi connectivity index (χ3v) is 4.73. The summed E-state index contributed by atoms with van der Waals surface area (Å²) in [6.07, 6.45) is 5.30. The molecule has 0 unspecified atom stereocenters. The molecule has 0 radical (unpaired) electrons. The summed E-state index contributed by atoms with van der Waals surface area (Å²) in [6.45, 7) is 1.12. The van der Waals surface area contributed by atoms with Gasteiger partial charge in [0.15, 0.2) is 0 Å². The molecule has 122 valence electrons. The Balaban J connectivity index is 1.41. The third kappa shape index (κ3) is 4.34. The van der Waals surface area contributed by atoms with Gasteiger partial charge in [-0.2, -0.15) is 0 Å². The number of rotatable bonds is 6. The van der Waals surface area contributed by atoms with E-state index in [-0.39, 0.29) is 11.9 Å². The molecule has 6 nitrogen and oxygen atoms in total. The number of amides is 1. The number of nitrogens with one attached hydrogen (secondary N) is 2. The van der Waals surface area contributed by atoms with E-state index in [1.54, 1.807) is 23.7 Å². The summed E-state index contributed by atoms with van der Waals surface area (Å²) >= 11 is 1.64. The Morgan fingerprint density at radius 2 is 2.26 bits per heavy atom. The van der Waals surface area contributed by atoms with E-state index in [4.69, 9.17) is 0 Å². The number of carbonyl (C=O) groups is 1. The number of hydrogen-bond donors (Lipinski definition) is 3. The van der Waals surface area contributed by atoms with E-state index in [0.717, 1.165) is 29.1 Å². The van der Waals surface area contributed by atoms with E-state index in [1.807, 2.05) is 17.5 Å². The van der Waals surface area contributed by atoms with Crippen LogP contribution < -0.4 is 10.6 Å². The molecule has 3 heterocycles. The molecule has 23 heavy (non-hydrogen) atoms. The first-order chi connectivity index (χ1) is 11.2. The molecule has 2 aromatic heterocycles. The quantitative estimate of drug-likeness (QED) is 0.686. The number of hydrogen-bond acceptors (Lipinski definition) is 6. The van der Waals surface area contributed by atoms with Crippen molar-refractivity contribution in [1.29, 1.82) is 0 Å². The van der Waals surface area contributed by atoms with Crippen LogP contribution in [-0.4, -0.2) is 46.2 Å². The number of thiazole rings is 1. The van der Waals surface area contributed by atoms with E-state index in [1.165, 1.54) is 0 Å². The van der Waals surface area contributed by atoms with E-state index >= 15 is 0 Å². The van der Waals surface area contributed by atoms with Crippen molar-refractivity contribution in [2.45, 2.75) is 31.4 Å². The highest BCUT2D eigenvalue weighted by atomic mass is 32.1. The summed E-state index contributed by atoms with van der Waals surface area (Å²) in [5.74, 6) is -0.0295. The standard InChI is InChI=1S/C16H20N4O2S/c21-12-8-13(19-9-12)16(22)18-5-1-2-15-20-14(10-23-15)11-3-6-17-7-4-11/h3-4,6-7,10,12-13,19,21H,1-2,5,8-9H2,(H,18,22)/t12-,13-/m0/s1. The number of aryl methyl sites for hydroxylation is 1. The Bertz CT molecular complexity index is 647. The van der Waals surface area contributed by atoms with Crippen molar-refractivity contribution in [2.24, 2.45) is 0 Å². The van der Waals surface area contributed by atoms with Gasteiger partial charge in [0.05, 0.1) is 22.8 Å². The molecule has 1 saturated heterocycles. The van der Waals surface area contributed by atoms with Gasteiger partial charge in [0.2, 0.25) is 5.91 Å². The van der Waals surface area contributed by atoms with Gasteiger partial charge in [-0.3, -0.25) is 9.78 Å². The summed E-state index contributed by atoms with van der Waals surface area (Å²) in [5, 5.41) is 18.4. The topological polar surface area (TPSA) is 87.1 Å². The van der Waals surface area contributed by atoms with Gasteiger partial charge in [0.1, 0.15) is 0 Å². The molecular weight excluding hydrogens is 312 g/mol. The molecule has 3 rings (SSSR count). The molecule has 1 aliphatic heterocycles. The van der Waals surface area contributed by atoms with Crippen molar-refractivity contribution < 1.29 is 9.90 Å². The molecule has 1 fully saturated rings. The lowest BCUT2D eigenvalue weighted by molar-refractivity contribution is -0.122. The maximum atomic E-state index is 11.9. The SMILES string of the molecule is O=C(NCCCc1nc(-c2ccncc2)cs1)[C@@H]1C[C@H](O)CN1. The Labute approximate surface area is 139 Å². The van der Waals surface area contributed by atoms with Gasteiger partial charge in [-0.1, -0.05) is 0 Å². The van der Waals surface area contributed by atoms with Crippen molar-refractivity contribution in [3.63, 3.8) is 0 Å². The molecule has 3 N–H and O–H groups in total. The van der Waals surface area contributed by atoms with Crippen LogP contribution in [0, 0.1) is 0 Å². The molecule has 0 saturated carbocycles. The zero-order chi connectivity index (χ0) is 16.1. The fourth-order valence-electron chi connectivity index (χ4n) is 2.57. The average molecular weight is 332 g/mol. The monoisotopic (exact) mass is 332 g/mol. The van der Waals surface area contributed by atoms with Crippen molar-refractivity contribution in [2.75, 3.05) is 13.1 Å². The summed E-state index contributed by atoms with van der Waals surface area (Å²) in [4.78, 5) is 20.5. The van der Waals surface area contributed by atoms with Crippen LogP contribution in [0.1, 0.15) is 17.8 Å². The number of carbonyl (C=O) groups excluding carboxylic acids is 1. The number of pyridine rings is 1. The largest absolute Gasteiger partial charge is 0.392 e. The number of β-amino-alcohol motifs (C(OH)–C–C–N with tert-alkyl or cyclic N) is 1. The summed E-state index contributed by atoms with van der Waals surface area (Å²) < 4.78 is 0. The van der Waals surface area contributed by atoms with Crippen molar-refractivity contribution in [1.82, 2.24) is 20.6 Å². The minimum atomic E-state index is -0.410. The molecule has 1 aliphatic rings.